The second-order valence-corrected chi connectivity index (χ2v) is 10.4. The smallest absolute Gasteiger partial charge is 0.150 e. The molecule has 0 radical (unpaired) electrons. The summed E-state index contributed by atoms with van der Waals surface area (Å²) in [5.41, 5.74) is 7.00. The third-order valence-corrected chi connectivity index (χ3v) is 7.73. The molecule has 0 aliphatic carbocycles. The van der Waals surface area contributed by atoms with Crippen molar-refractivity contribution >= 4 is 18.0 Å². The zero-order valence-electron chi connectivity index (χ0n) is 20.6. The maximum atomic E-state index is 14.0. The van der Waals surface area contributed by atoms with Crippen molar-refractivity contribution in [3.63, 3.8) is 0 Å². The fourth-order valence-electron chi connectivity index (χ4n) is 4.53. The van der Waals surface area contributed by atoms with Gasteiger partial charge in [-0.15, -0.1) is 11.8 Å². The summed E-state index contributed by atoms with van der Waals surface area (Å²) in [5.74, 6) is -0.104. The Morgan fingerprint density at radius 1 is 0.833 bits per heavy atom. The molecule has 0 bridgehead atoms. The number of carbonyl (C=O) groups is 1. The van der Waals surface area contributed by atoms with Gasteiger partial charge in [0.2, 0.25) is 0 Å². The van der Waals surface area contributed by atoms with Crippen LogP contribution in [0.5, 0.6) is 0 Å². The number of thioether (sulfide) groups is 1. The predicted octanol–water partition coefficient (Wildman–Crippen LogP) is 8.96. The van der Waals surface area contributed by atoms with Gasteiger partial charge < -0.3 is 0 Å². The molecule has 0 heterocycles. The second-order valence-electron chi connectivity index (χ2n) is 9.24. The Kier molecular flexibility index (Phi) is 8.71. The molecule has 1 nitrogen and oxygen atoms in total. The van der Waals surface area contributed by atoms with Crippen molar-refractivity contribution in [2.24, 2.45) is 0 Å². The average Bonchev–Trinajstić information content (AvgIpc) is 2.87. The van der Waals surface area contributed by atoms with E-state index in [-0.39, 0.29) is 5.92 Å². The van der Waals surface area contributed by atoms with E-state index in [9.17, 15) is 13.6 Å². The van der Waals surface area contributed by atoms with Crippen LogP contribution in [0, 0.1) is 25.5 Å². The van der Waals surface area contributed by atoms with Gasteiger partial charge in [0, 0.05) is 16.5 Å². The highest BCUT2D eigenvalue weighted by Crippen LogP contribution is 2.31. The number of benzene rings is 4. The molecule has 1 unspecified atom stereocenters. The van der Waals surface area contributed by atoms with Crippen LogP contribution in [0.25, 0.3) is 11.1 Å². The lowest BCUT2D eigenvalue weighted by atomic mass is 9.87. The zero-order valence-corrected chi connectivity index (χ0v) is 21.5. The molecule has 0 amide bonds. The highest BCUT2D eigenvalue weighted by molar-refractivity contribution is 7.99. The van der Waals surface area contributed by atoms with Crippen LogP contribution >= 0.6 is 11.8 Å². The number of rotatable bonds is 10. The molecule has 0 saturated carbocycles. The SMILES string of the molecule is Cc1ccc(CC(CCCSc2ccc(-c3ccccc3C=O)cc2)c2cc(F)cc(F)c2)cc1C. The molecule has 36 heavy (non-hydrogen) atoms. The van der Waals surface area contributed by atoms with Crippen LogP contribution in [0.15, 0.2) is 89.8 Å². The molecule has 4 aromatic rings. The van der Waals surface area contributed by atoms with Gasteiger partial charge in [0.05, 0.1) is 0 Å². The number of aryl methyl sites for hydroxylation is 2. The van der Waals surface area contributed by atoms with Crippen molar-refractivity contribution in [2.75, 3.05) is 5.75 Å². The Morgan fingerprint density at radius 2 is 1.56 bits per heavy atom. The first-order valence-corrected chi connectivity index (χ1v) is 13.2. The highest BCUT2D eigenvalue weighted by atomic mass is 32.2. The van der Waals surface area contributed by atoms with Gasteiger partial charge in [0.1, 0.15) is 11.6 Å². The molecule has 0 aliphatic heterocycles. The molecule has 0 N–H and O–H groups in total. The quantitative estimate of drug-likeness (QED) is 0.123. The van der Waals surface area contributed by atoms with Crippen LogP contribution in [0.1, 0.15) is 51.4 Å². The molecule has 4 rings (SSSR count). The number of carbonyl (C=O) groups excluding carboxylic acids is 1. The summed E-state index contributed by atoms with van der Waals surface area (Å²) >= 11 is 1.77. The first-order valence-electron chi connectivity index (χ1n) is 12.2. The van der Waals surface area contributed by atoms with Gasteiger partial charge in [-0.25, -0.2) is 8.78 Å². The molecule has 1 atom stereocenters. The van der Waals surface area contributed by atoms with E-state index in [1.807, 2.05) is 36.4 Å². The van der Waals surface area contributed by atoms with E-state index >= 15 is 0 Å². The molecule has 0 aromatic heterocycles. The summed E-state index contributed by atoms with van der Waals surface area (Å²) in [7, 11) is 0. The topological polar surface area (TPSA) is 17.1 Å². The lowest BCUT2D eigenvalue weighted by molar-refractivity contribution is 0.112. The number of hydrogen-bond donors (Lipinski definition) is 0. The van der Waals surface area contributed by atoms with E-state index < -0.39 is 11.6 Å². The Labute approximate surface area is 216 Å². The predicted molar refractivity (Wildman–Crippen MR) is 146 cm³/mol. The molecule has 184 valence electrons. The second kappa shape index (κ2) is 12.1. The van der Waals surface area contributed by atoms with Crippen LogP contribution in [-0.4, -0.2) is 12.0 Å². The first kappa shape index (κ1) is 25.8. The van der Waals surface area contributed by atoms with Crippen molar-refractivity contribution < 1.29 is 13.6 Å². The number of hydrogen-bond acceptors (Lipinski definition) is 2. The van der Waals surface area contributed by atoms with E-state index in [1.165, 1.54) is 28.8 Å². The van der Waals surface area contributed by atoms with Gasteiger partial charge in [-0.2, -0.15) is 0 Å². The van der Waals surface area contributed by atoms with Crippen molar-refractivity contribution in [1.29, 1.82) is 0 Å². The van der Waals surface area contributed by atoms with Gasteiger partial charge >= 0.3 is 0 Å². The van der Waals surface area contributed by atoms with E-state index in [0.717, 1.165) is 53.4 Å². The summed E-state index contributed by atoms with van der Waals surface area (Å²) in [6.45, 7) is 4.18. The summed E-state index contributed by atoms with van der Waals surface area (Å²) in [4.78, 5) is 12.5. The van der Waals surface area contributed by atoms with Crippen molar-refractivity contribution in [3.8, 4) is 11.1 Å². The molecule has 0 fully saturated rings. The maximum absolute atomic E-state index is 14.0. The molecular formula is C32H30F2OS. The third-order valence-electron chi connectivity index (χ3n) is 6.63. The van der Waals surface area contributed by atoms with Crippen LogP contribution < -0.4 is 0 Å². The van der Waals surface area contributed by atoms with E-state index in [1.54, 1.807) is 11.8 Å². The Balaban J connectivity index is 1.40. The van der Waals surface area contributed by atoms with Gasteiger partial charge in [-0.05, 0) is 102 Å². The zero-order chi connectivity index (χ0) is 25.5. The number of aldehydes is 1. The Hall–Kier alpha value is -3.24. The van der Waals surface area contributed by atoms with E-state index in [0.29, 0.717) is 11.1 Å². The summed E-state index contributed by atoms with van der Waals surface area (Å²) in [5, 5.41) is 0. The number of halogens is 2. The fourth-order valence-corrected chi connectivity index (χ4v) is 5.40. The Bertz CT molecular complexity index is 1310. The molecule has 4 aromatic carbocycles. The van der Waals surface area contributed by atoms with Gasteiger partial charge in [0.15, 0.2) is 6.29 Å². The summed E-state index contributed by atoms with van der Waals surface area (Å²) in [6, 6.07) is 26.1. The molecule has 0 spiro atoms. The highest BCUT2D eigenvalue weighted by Gasteiger charge is 2.15. The standard InChI is InChI=1S/C32H30F2OS/c1-22-9-10-24(16-23(22)2)17-26(28-18-29(33)20-30(34)19-28)7-5-15-36-31-13-11-25(12-14-31)32-8-4-3-6-27(32)21-35/h3-4,6,8-14,16,18-21,26H,5,7,15,17H2,1-2H3. The van der Waals surface area contributed by atoms with Gasteiger partial charge in [-0.1, -0.05) is 54.6 Å². The minimum atomic E-state index is -0.527. The lowest BCUT2D eigenvalue weighted by Gasteiger charge is -2.19. The van der Waals surface area contributed by atoms with Crippen molar-refractivity contribution in [2.45, 2.75) is 43.9 Å². The van der Waals surface area contributed by atoms with E-state index in [2.05, 4.69) is 44.2 Å². The van der Waals surface area contributed by atoms with Crippen molar-refractivity contribution in [3.05, 3.63) is 124 Å². The monoisotopic (exact) mass is 500 g/mol. The molecule has 0 saturated heterocycles. The van der Waals surface area contributed by atoms with Crippen LogP contribution in [0.3, 0.4) is 0 Å². The first-order chi connectivity index (χ1) is 17.4. The largest absolute Gasteiger partial charge is 0.298 e. The van der Waals surface area contributed by atoms with Crippen molar-refractivity contribution in [1.82, 2.24) is 0 Å². The molecule has 4 heteroatoms. The fraction of sp³-hybridized carbons (Fsp3) is 0.219. The van der Waals surface area contributed by atoms with Crippen LogP contribution in [-0.2, 0) is 6.42 Å². The molecular weight excluding hydrogens is 470 g/mol. The summed E-state index contributed by atoms with van der Waals surface area (Å²) < 4.78 is 28.0. The Morgan fingerprint density at radius 3 is 2.25 bits per heavy atom. The maximum Gasteiger partial charge on any atom is 0.150 e. The lowest BCUT2D eigenvalue weighted by Crippen LogP contribution is -2.06. The van der Waals surface area contributed by atoms with Gasteiger partial charge in [0.25, 0.3) is 0 Å². The minimum absolute atomic E-state index is 0.0418. The van der Waals surface area contributed by atoms with Crippen LogP contribution in [0.4, 0.5) is 8.78 Å². The van der Waals surface area contributed by atoms with Crippen LogP contribution in [0.2, 0.25) is 0 Å². The van der Waals surface area contributed by atoms with Gasteiger partial charge in [-0.3, -0.25) is 4.79 Å². The minimum Gasteiger partial charge on any atom is -0.298 e. The molecule has 0 aliphatic rings. The third kappa shape index (κ3) is 6.70. The normalized spacial score (nSPS) is 11.9. The summed E-state index contributed by atoms with van der Waals surface area (Å²) in [6.07, 6.45) is 3.40. The average molecular weight is 501 g/mol. The van der Waals surface area contributed by atoms with E-state index in [4.69, 9.17) is 0 Å².